The molecule has 12 heteroatoms. The minimum absolute atomic E-state index is 0.190. The molecule has 0 amide bonds. The zero-order valence-electron chi connectivity index (χ0n) is 10.4. The monoisotopic (exact) mass is 336 g/mol. The molecule has 2 atom stereocenters. The highest BCUT2D eigenvalue weighted by atomic mass is 32.2. The number of carbonyl (C=O) groups is 1. The SMILES string of the molecule is CS(=O)c1cc([N+](=O)[O-])c(S(=O)CC(=O)O)c([N+](=O)[O-])c1. The van der Waals surface area contributed by atoms with Crippen molar-refractivity contribution < 1.29 is 28.2 Å². The zero-order valence-corrected chi connectivity index (χ0v) is 12.0. The summed E-state index contributed by atoms with van der Waals surface area (Å²) in [7, 11) is -4.22. The van der Waals surface area contributed by atoms with E-state index in [-0.39, 0.29) is 4.90 Å². The Bertz CT molecular complexity index is 651. The quantitative estimate of drug-likeness (QED) is 0.578. The van der Waals surface area contributed by atoms with Crippen LogP contribution >= 0.6 is 0 Å². The van der Waals surface area contributed by atoms with E-state index in [0.717, 1.165) is 18.4 Å². The second kappa shape index (κ2) is 6.49. The molecule has 0 aliphatic carbocycles. The Labute approximate surface area is 122 Å². The number of rotatable bonds is 6. The van der Waals surface area contributed by atoms with Crippen LogP contribution in [0.5, 0.6) is 0 Å². The van der Waals surface area contributed by atoms with Crippen LogP contribution in [0.3, 0.4) is 0 Å². The average Bonchev–Trinajstić information content (AvgIpc) is 2.35. The van der Waals surface area contributed by atoms with Crippen molar-refractivity contribution in [2.45, 2.75) is 9.79 Å². The van der Waals surface area contributed by atoms with Crippen LogP contribution in [-0.4, -0.2) is 41.3 Å². The van der Waals surface area contributed by atoms with E-state index in [2.05, 4.69) is 0 Å². The minimum Gasteiger partial charge on any atom is -0.481 e. The summed E-state index contributed by atoms with van der Waals surface area (Å²) in [5.74, 6) is -2.55. The number of benzene rings is 1. The maximum absolute atomic E-state index is 11.8. The Morgan fingerprint density at radius 1 is 1.19 bits per heavy atom. The highest BCUT2D eigenvalue weighted by Crippen LogP contribution is 2.34. The van der Waals surface area contributed by atoms with Gasteiger partial charge in [-0.15, -0.1) is 0 Å². The van der Waals surface area contributed by atoms with Crippen LogP contribution in [0, 0.1) is 20.2 Å². The zero-order chi connectivity index (χ0) is 16.3. The first-order valence-corrected chi connectivity index (χ1v) is 7.93. The van der Waals surface area contributed by atoms with E-state index in [4.69, 9.17) is 5.11 Å². The van der Waals surface area contributed by atoms with Gasteiger partial charge in [-0.3, -0.25) is 33.4 Å². The number of hydrogen-bond acceptors (Lipinski definition) is 7. The Morgan fingerprint density at radius 3 is 1.90 bits per heavy atom. The fourth-order valence-electron chi connectivity index (χ4n) is 1.43. The van der Waals surface area contributed by atoms with Crippen LogP contribution in [0.25, 0.3) is 0 Å². The van der Waals surface area contributed by atoms with Crippen LogP contribution in [0.4, 0.5) is 11.4 Å². The Balaban J connectivity index is 3.69. The van der Waals surface area contributed by atoms with E-state index >= 15 is 0 Å². The lowest BCUT2D eigenvalue weighted by Gasteiger charge is -2.05. The summed E-state index contributed by atoms with van der Waals surface area (Å²) in [6.07, 6.45) is 1.16. The molecule has 10 nitrogen and oxygen atoms in total. The van der Waals surface area contributed by atoms with Gasteiger partial charge >= 0.3 is 5.97 Å². The van der Waals surface area contributed by atoms with Crippen molar-refractivity contribution in [1.29, 1.82) is 0 Å². The molecular weight excluding hydrogens is 328 g/mol. The van der Waals surface area contributed by atoms with Crippen LogP contribution in [0.2, 0.25) is 0 Å². The third-order valence-electron chi connectivity index (χ3n) is 2.23. The average molecular weight is 336 g/mol. The van der Waals surface area contributed by atoms with E-state index in [0.29, 0.717) is 0 Å². The lowest BCUT2D eigenvalue weighted by molar-refractivity contribution is -0.400. The molecule has 0 heterocycles. The first kappa shape index (κ1) is 16.8. The molecule has 0 aliphatic heterocycles. The summed E-state index contributed by atoms with van der Waals surface area (Å²) in [6.45, 7) is 0. The summed E-state index contributed by atoms with van der Waals surface area (Å²) < 4.78 is 23.2. The molecule has 0 saturated carbocycles. The summed E-state index contributed by atoms with van der Waals surface area (Å²) >= 11 is 0. The molecule has 2 unspecified atom stereocenters. The number of nitro benzene ring substituents is 2. The molecule has 0 aliphatic rings. The van der Waals surface area contributed by atoms with Crippen LogP contribution in [-0.2, 0) is 26.4 Å². The van der Waals surface area contributed by atoms with Crippen molar-refractivity contribution in [1.82, 2.24) is 0 Å². The number of nitrogens with zero attached hydrogens (tertiary/aromatic N) is 2. The molecule has 21 heavy (non-hydrogen) atoms. The second-order valence-electron chi connectivity index (χ2n) is 3.64. The third kappa shape index (κ3) is 3.88. The van der Waals surface area contributed by atoms with Gasteiger partial charge in [0.2, 0.25) is 0 Å². The van der Waals surface area contributed by atoms with E-state index in [1.54, 1.807) is 0 Å². The molecule has 114 valence electrons. The maximum Gasteiger partial charge on any atom is 0.316 e. The van der Waals surface area contributed by atoms with E-state index in [1.165, 1.54) is 0 Å². The highest BCUT2D eigenvalue weighted by Gasteiger charge is 2.32. The summed E-state index contributed by atoms with van der Waals surface area (Å²) in [6, 6.07) is 1.58. The van der Waals surface area contributed by atoms with Crippen molar-refractivity contribution >= 4 is 38.9 Å². The number of aliphatic carboxylic acids is 1. The fraction of sp³-hybridized carbons (Fsp3) is 0.222. The van der Waals surface area contributed by atoms with Gasteiger partial charge in [-0.05, 0) is 0 Å². The van der Waals surface area contributed by atoms with Gasteiger partial charge in [-0.1, -0.05) is 0 Å². The Hall–Kier alpha value is -2.21. The Kier molecular flexibility index (Phi) is 5.21. The first-order chi connectivity index (χ1) is 9.65. The molecule has 0 aromatic heterocycles. The molecular formula is C9H8N2O8S2. The van der Waals surface area contributed by atoms with Crippen LogP contribution in [0.1, 0.15) is 0 Å². The molecule has 1 aromatic carbocycles. The summed E-state index contributed by atoms with van der Waals surface area (Å²) in [4.78, 5) is 29.4. The van der Waals surface area contributed by atoms with Gasteiger partial charge < -0.3 is 5.11 Å². The Morgan fingerprint density at radius 2 is 1.62 bits per heavy atom. The number of carboxylic acids is 1. The normalized spacial score (nSPS) is 13.4. The molecule has 1 N–H and O–H groups in total. The summed E-state index contributed by atoms with van der Waals surface area (Å²) in [5.41, 5.74) is -1.79. The number of nitro groups is 2. The van der Waals surface area contributed by atoms with Gasteiger partial charge in [0.25, 0.3) is 11.4 Å². The fourth-order valence-corrected chi connectivity index (χ4v) is 3.09. The molecule has 0 saturated heterocycles. The molecule has 0 bridgehead atoms. The van der Waals surface area contributed by atoms with E-state index < -0.39 is 59.4 Å². The minimum atomic E-state index is -2.48. The number of hydrogen-bond donors (Lipinski definition) is 1. The second-order valence-corrected chi connectivity index (χ2v) is 6.41. The highest BCUT2D eigenvalue weighted by molar-refractivity contribution is 7.86. The lowest BCUT2D eigenvalue weighted by atomic mass is 10.3. The molecule has 1 aromatic rings. The topological polar surface area (TPSA) is 158 Å². The molecule has 0 fully saturated rings. The van der Waals surface area contributed by atoms with Crippen LogP contribution in [0.15, 0.2) is 21.9 Å². The van der Waals surface area contributed by atoms with Crippen molar-refractivity contribution in [3.63, 3.8) is 0 Å². The predicted octanol–water partition coefficient (Wildman–Crippen LogP) is 0.433. The van der Waals surface area contributed by atoms with Gasteiger partial charge in [0, 0.05) is 18.4 Å². The molecule has 0 spiro atoms. The van der Waals surface area contributed by atoms with Crippen molar-refractivity contribution in [2.75, 3.05) is 12.0 Å². The van der Waals surface area contributed by atoms with Crippen molar-refractivity contribution in [2.24, 2.45) is 0 Å². The van der Waals surface area contributed by atoms with E-state index in [1.807, 2.05) is 0 Å². The van der Waals surface area contributed by atoms with Crippen molar-refractivity contribution in [3.05, 3.63) is 32.4 Å². The van der Waals surface area contributed by atoms with Gasteiger partial charge in [-0.2, -0.15) is 0 Å². The van der Waals surface area contributed by atoms with Gasteiger partial charge in [0.15, 0.2) is 4.90 Å². The standard InChI is InChI=1S/C9H8N2O8S2/c1-20(18)5-2-6(10(14)15)9(7(3-5)11(16)17)21(19)4-8(12)13/h2-3H,4H2,1H3,(H,12,13). The predicted molar refractivity (Wildman–Crippen MR) is 71.0 cm³/mol. The van der Waals surface area contributed by atoms with E-state index in [9.17, 15) is 33.4 Å². The molecule has 0 radical (unpaired) electrons. The van der Waals surface area contributed by atoms with Gasteiger partial charge in [0.05, 0.1) is 36.3 Å². The van der Waals surface area contributed by atoms with Crippen molar-refractivity contribution in [3.8, 4) is 0 Å². The largest absolute Gasteiger partial charge is 0.481 e. The third-order valence-corrected chi connectivity index (χ3v) is 4.51. The van der Waals surface area contributed by atoms with Gasteiger partial charge in [0.1, 0.15) is 5.75 Å². The first-order valence-electron chi connectivity index (χ1n) is 5.05. The maximum atomic E-state index is 11.8. The van der Waals surface area contributed by atoms with Gasteiger partial charge in [-0.25, -0.2) is 0 Å². The smallest absolute Gasteiger partial charge is 0.316 e. The molecule has 1 rings (SSSR count). The summed E-state index contributed by atoms with van der Waals surface area (Å²) in [5, 5.41) is 30.5. The van der Waals surface area contributed by atoms with Crippen LogP contribution < -0.4 is 0 Å². The lowest BCUT2D eigenvalue weighted by Crippen LogP contribution is -2.13. The number of carboxylic acid groups (broad SMARTS) is 1.